The Morgan fingerprint density at radius 2 is 1.71 bits per heavy atom. The largest absolute Gasteiger partial charge is 0.340 e. The highest BCUT2D eigenvalue weighted by atomic mass is 32.1. The summed E-state index contributed by atoms with van der Waals surface area (Å²) in [5.41, 5.74) is 1.95. The van der Waals surface area contributed by atoms with Crippen LogP contribution >= 0.6 is 11.3 Å². The van der Waals surface area contributed by atoms with Crippen LogP contribution < -0.4 is 5.32 Å². The molecule has 0 amide bonds. The summed E-state index contributed by atoms with van der Waals surface area (Å²) in [6, 6.07) is 18.6. The van der Waals surface area contributed by atoms with E-state index in [2.05, 4.69) is 33.5 Å². The number of nitrogens with zero attached hydrogens (tertiary/aromatic N) is 2. The molecule has 5 heteroatoms. The number of aromatic nitrogens is 2. The summed E-state index contributed by atoms with van der Waals surface area (Å²) in [6.45, 7) is 1.87. The maximum Gasteiger partial charge on any atom is 0.142 e. The summed E-state index contributed by atoms with van der Waals surface area (Å²) in [4.78, 5) is 11.1. The standard InChI is InChI=1S/C19H14FN3S/c1-12-21-18(23-15-9-7-14(20)8-10-15)16-11-17(24-19(16)22-12)13-5-3-2-4-6-13/h2-11H,1H3,(H,21,22,23). The molecule has 0 bridgehead atoms. The number of aryl methyl sites for hydroxylation is 1. The highest BCUT2D eigenvalue weighted by molar-refractivity contribution is 7.21. The number of rotatable bonds is 3. The van der Waals surface area contributed by atoms with Gasteiger partial charge in [-0.2, -0.15) is 0 Å². The van der Waals surface area contributed by atoms with Crippen molar-refractivity contribution in [1.82, 2.24) is 9.97 Å². The van der Waals surface area contributed by atoms with Crippen molar-refractivity contribution in [3.63, 3.8) is 0 Å². The molecule has 0 saturated carbocycles. The van der Waals surface area contributed by atoms with Crippen LogP contribution in [0.4, 0.5) is 15.9 Å². The van der Waals surface area contributed by atoms with E-state index in [1.165, 1.54) is 12.1 Å². The zero-order valence-corrected chi connectivity index (χ0v) is 13.8. The SMILES string of the molecule is Cc1nc(Nc2ccc(F)cc2)c2cc(-c3ccccc3)sc2n1. The van der Waals surface area contributed by atoms with Gasteiger partial charge in [0.15, 0.2) is 0 Å². The molecule has 2 heterocycles. The maximum atomic E-state index is 13.1. The van der Waals surface area contributed by atoms with Crippen LogP contribution in [-0.2, 0) is 0 Å². The quantitative estimate of drug-likeness (QED) is 0.533. The third kappa shape index (κ3) is 2.86. The predicted octanol–water partition coefficient (Wildman–Crippen LogP) is 5.55. The van der Waals surface area contributed by atoms with E-state index in [4.69, 9.17) is 0 Å². The second-order valence-corrected chi connectivity index (χ2v) is 6.48. The molecule has 4 rings (SSSR count). The minimum Gasteiger partial charge on any atom is -0.340 e. The van der Waals surface area contributed by atoms with Gasteiger partial charge in [0.25, 0.3) is 0 Å². The Morgan fingerprint density at radius 1 is 0.958 bits per heavy atom. The van der Waals surface area contributed by atoms with Crippen molar-refractivity contribution in [3.8, 4) is 10.4 Å². The van der Waals surface area contributed by atoms with Gasteiger partial charge in [-0.05, 0) is 42.8 Å². The molecule has 0 saturated heterocycles. The molecule has 0 atom stereocenters. The average molecular weight is 335 g/mol. The molecule has 0 aliphatic heterocycles. The topological polar surface area (TPSA) is 37.8 Å². The van der Waals surface area contributed by atoms with E-state index in [-0.39, 0.29) is 5.82 Å². The molecule has 24 heavy (non-hydrogen) atoms. The smallest absolute Gasteiger partial charge is 0.142 e. The molecule has 0 fully saturated rings. The van der Waals surface area contributed by atoms with Crippen LogP contribution in [-0.4, -0.2) is 9.97 Å². The van der Waals surface area contributed by atoms with Crippen molar-refractivity contribution in [3.05, 3.63) is 72.3 Å². The van der Waals surface area contributed by atoms with E-state index in [9.17, 15) is 4.39 Å². The van der Waals surface area contributed by atoms with Gasteiger partial charge in [-0.1, -0.05) is 30.3 Å². The lowest BCUT2D eigenvalue weighted by Crippen LogP contribution is -1.97. The maximum absolute atomic E-state index is 13.1. The fourth-order valence-corrected chi connectivity index (χ4v) is 3.62. The number of thiophene rings is 1. The summed E-state index contributed by atoms with van der Waals surface area (Å²) >= 11 is 1.64. The van der Waals surface area contributed by atoms with Gasteiger partial charge in [0.2, 0.25) is 0 Å². The van der Waals surface area contributed by atoms with E-state index in [0.29, 0.717) is 5.82 Å². The first kappa shape index (κ1) is 14.8. The van der Waals surface area contributed by atoms with Crippen molar-refractivity contribution in [2.45, 2.75) is 6.92 Å². The summed E-state index contributed by atoms with van der Waals surface area (Å²) < 4.78 is 13.1. The zero-order chi connectivity index (χ0) is 16.5. The van der Waals surface area contributed by atoms with E-state index in [1.54, 1.807) is 23.5 Å². The van der Waals surface area contributed by atoms with Crippen molar-refractivity contribution in [2.24, 2.45) is 0 Å². The molecule has 0 spiro atoms. The second-order valence-electron chi connectivity index (χ2n) is 5.45. The van der Waals surface area contributed by atoms with Crippen LogP contribution in [0.3, 0.4) is 0 Å². The van der Waals surface area contributed by atoms with Crippen LogP contribution in [0.5, 0.6) is 0 Å². The molecule has 0 aliphatic carbocycles. The van der Waals surface area contributed by atoms with Crippen molar-refractivity contribution in [1.29, 1.82) is 0 Å². The van der Waals surface area contributed by atoms with E-state index in [0.717, 1.165) is 32.2 Å². The molecular formula is C19H14FN3S. The predicted molar refractivity (Wildman–Crippen MR) is 97.3 cm³/mol. The van der Waals surface area contributed by atoms with Crippen molar-refractivity contribution in [2.75, 3.05) is 5.32 Å². The Kier molecular flexibility index (Phi) is 3.70. The fourth-order valence-electron chi connectivity index (χ4n) is 2.54. The second kappa shape index (κ2) is 6.02. The van der Waals surface area contributed by atoms with Crippen molar-refractivity contribution >= 4 is 33.1 Å². The van der Waals surface area contributed by atoms with Crippen LogP contribution in [0, 0.1) is 12.7 Å². The number of halogens is 1. The Hall–Kier alpha value is -2.79. The number of nitrogens with one attached hydrogen (secondary N) is 1. The molecule has 4 aromatic rings. The van der Waals surface area contributed by atoms with Crippen LogP contribution in [0.1, 0.15) is 5.82 Å². The number of benzene rings is 2. The van der Waals surface area contributed by atoms with Gasteiger partial charge in [0.05, 0.1) is 5.39 Å². The minimum absolute atomic E-state index is 0.258. The molecule has 0 unspecified atom stereocenters. The number of hydrogen-bond donors (Lipinski definition) is 1. The summed E-state index contributed by atoms with van der Waals surface area (Å²) in [5, 5.41) is 4.24. The monoisotopic (exact) mass is 335 g/mol. The third-order valence-corrected chi connectivity index (χ3v) is 4.75. The van der Waals surface area contributed by atoms with Crippen LogP contribution in [0.15, 0.2) is 60.7 Å². The molecule has 3 nitrogen and oxygen atoms in total. The van der Waals surface area contributed by atoms with Gasteiger partial charge in [-0.25, -0.2) is 14.4 Å². The van der Waals surface area contributed by atoms with Gasteiger partial charge >= 0.3 is 0 Å². The van der Waals surface area contributed by atoms with Gasteiger partial charge in [-0.15, -0.1) is 11.3 Å². The summed E-state index contributed by atoms with van der Waals surface area (Å²) in [6.07, 6.45) is 0. The molecular weight excluding hydrogens is 321 g/mol. The van der Waals surface area contributed by atoms with Crippen LogP contribution in [0.2, 0.25) is 0 Å². The Bertz CT molecular complexity index is 994. The van der Waals surface area contributed by atoms with Gasteiger partial charge in [0, 0.05) is 10.6 Å². The number of anilines is 2. The lowest BCUT2D eigenvalue weighted by atomic mass is 10.2. The van der Waals surface area contributed by atoms with Crippen molar-refractivity contribution < 1.29 is 4.39 Å². The normalized spacial score (nSPS) is 10.9. The Balaban J connectivity index is 1.80. The average Bonchev–Trinajstić information content (AvgIpc) is 3.02. The summed E-state index contributed by atoms with van der Waals surface area (Å²) in [5.74, 6) is 1.18. The molecule has 118 valence electrons. The van der Waals surface area contributed by atoms with Gasteiger partial charge in [0.1, 0.15) is 22.3 Å². The van der Waals surface area contributed by atoms with Crippen LogP contribution in [0.25, 0.3) is 20.7 Å². The lowest BCUT2D eigenvalue weighted by Gasteiger charge is -2.07. The van der Waals surface area contributed by atoms with E-state index in [1.807, 2.05) is 25.1 Å². The molecule has 0 aliphatic rings. The third-order valence-electron chi connectivity index (χ3n) is 3.67. The Labute approximate surface area is 142 Å². The first-order valence-electron chi connectivity index (χ1n) is 7.55. The zero-order valence-electron chi connectivity index (χ0n) is 13.0. The number of fused-ring (bicyclic) bond motifs is 1. The molecule has 2 aromatic carbocycles. The highest BCUT2D eigenvalue weighted by Crippen LogP contribution is 2.36. The van der Waals surface area contributed by atoms with E-state index < -0.39 is 0 Å². The molecule has 0 radical (unpaired) electrons. The number of hydrogen-bond acceptors (Lipinski definition) is 4. The minimum atomic E-state index is -0.258. The van der Waals surface area contributed by atoms with Gasteiger partial charge < -0.3 is 5.32 Å². The fraction of sp³-hybridized carbons (Fsp3) is 0.0526. The Morgan fingerprint density at radius 3 is 2.46 bits per heavy atom. The highest BCUT2D eigenvalue weighted by Gasteiger charge is 2.12. The molecule has 1 N–H and O–H groups in total. The first-order chi connectivity index (χ1) is 11.7. The van der Waals surface area contributed by atoms with Gasteiger partial charge in [-0.3, -0.25) is 0 Å². The lowest BCUT2D eigenvalue weighted by molar-refractivity contribution is 0.628. The van der Waals surface area contributed by atoms with E-state index >= 15 is 0 Å². The first-order valence-corrected chi connectivity index (χ1v) is 8.37. The summed E-state index contributed by atoms with van der Waals surface area (Å²) in [7, 11) is 0. The molecule has 2 aromatic heterocycles.